The molecule has 1 aromatic carbocycles. The molecular weight excluding hydrogens is 232 g/mol. The van der Waals surface area contributed by atoms with Crippen molar-refractivity contribution < 1.29 is 14.3 Å². The number of ether oxygens (including phenoxy) is 1. The molecular formula is C13H14N2O3. The van der Waals surface area contributed by atoms with Crippen molar-refractivity contribution in [1.29, 1.82) is 0 Å². The van der Waals surface area contributed by atoms with E-state index in [0.29, 0.717) is 23.5 Å². The second-order valence-corrected chi connectivity index (χ2v) is 4.34. The number of rotatable bonds is 3. The zero-order chi connectivity index (χ0) is 12.7. The first kappa shape index (κ1) is 11.2. The maximum Gasteiger partial charge on any atom is 0.280 e. The molecule has 5 nitrogen and oxygen atoms in total. The second kappa shape index (κ2) is 4.10. The van der Waals surface area contributed by atoms with E-state index < -0.39 is 0 Å². The van der Waals surface area contributed by atoms with E-state index in [0.717, 1.165) is 19.5 Å². The second-order valence-electron chi connectivity index (χ2n) is 4.34. The molecule has 1 fully saturated rings. The monoisotopic (exact) mass is 246 g/mol. The summed E-state index contributed by atoms with van der Waals surface area (Å²) in [5.74, 6) is -0.00798. The minimum Gasteiger partial charge on any atom is -0.493 e. The van der Waals surface area contributed by atoms with Crippen LogP contribution in [0, 0.1) is 0 Å². The third-order valence-electron chi connectivity index (χ3n) is 3.27. The van der Waals surface area contributed by atoms with Crippen molar-refractivity contribution in [1.82, 2.24) is 10.0 Å². The fourth-order valence-electron chi connectivity index (χ4n) is 2.27. The molecule has 0 unspecified atom stereocenters. The molecule has 2 aliphatic rings. The molecule has 0 atom stereocenters. The Bertz CT molecular complexity index is 523. The molecule has 3 rings (SSSR count). The zero-order valence-corrected chi connectivity index (χ0v) is 10.2. The lowest BCUT2D eigenvalue weighted by atomic mass is 10.1. The van der Waals surface area contributed by atoms with Crippen molar-refractivity contribution in [3.8, 4) is 5.75 Å². The van der Waals surface area contributed by atoms with Crippen LogP contribution in [0.4, 0.5) is 0 Å². The number of benzene rings is 1. The highest BCUT2D eigenvalue weighted by molar-refractivity contribution is 6.22. The average molecular weight is 246 g/mol. The van der Waals surface area contributed by atoms with E-state index in [4.69, 9.17) is 4.74 Å². The Kier molecular flexibility index (Phi) is 2.56. The van der Waals surface area contributed by atoms with E-state index in [2.05, 4.69) is 0 Å². The van der Waals surface area contributed by atoms with Crippen LogP contribution in [0.15, 0.2) is 18.2 Å². The van der Waals surface area contributed by atoms with Gasteiger partial charge in [-0.25, -0.2) is 10.0 Å². The highest BCUT2D eigenvalue weighted by atomic mass is 16.5. The molecule has 0 aromatic heterocycles. The van der Waals surface area contributed by atoms with Crippen LogP contribution in [-0.4, -0.2) is 41.5 Å². The summed E-state index contributed by atoms with van der Waals surface area (Å²) in [6.45, 7) is 3.85. The molecule has 1 aromatic rings. The van der Waals surface area contributed by atoms with Gasteiger partial charge in [0.2, 0.25) is 0 Å². The normalized spacial score (nSPS) is 18.8. The van der Waals surface area contributed by atoms with Gasteiger partial charge in [0, 0.05) is 13.1 Å². The van der Waals surface area contributed by atoms with Crippen molar-refractivity contribution in [3.05, 3.63) is 29.3 Å². The molecule has 0 spiro atoms. The van der Waals surface area contributed by atoms with Gasteiger partial charge >= 0.3 is 0 Å². The first-order valence-electron chi connectivity index (χ1n) is 6.13. The molecule has 0 saturated carbocycles. The number of fused-ring (bicyclic) bond motifs is 1. The van der Waals surface area contributed by atoms with E-state index in [-0.39, 0.29) is 11.8 Å². The van der Waals surface area contributed by atoms with Crippen molar-refractivity contribution in [2.45, 2.75) is 13.3 Å². The quantitative estimate of drug-likeness (QED) is 0.754. The van der Waals surface area contributed by atoms with Gasteiger partial charge in [-0.3, -0.25) is 9.59 Å². The predicted molar refractivity (Wildman–Crippen MR) is 64.3 cm³/mol. The van der Waals surface area contributed by atoms with Crippen molar-refractivity contribution in [2.24, 2.45) is 0 Å². The standard InChI is InChI=1S/C13H14N2O3/c1-2-18-10-6-3-5-9-11(10)13(17)15(12(9)16)14-7-4-8-14/h3,5-6H,2,4,7-8H2,1H3. The Labute approximate surface area is 105 Å². The fraction of sp³-hybridized carbons (Fsp3) is 0.385. The number of carbonyl (C=O) groups excluding carboxylic acids is 2. The molecule has 18 heavy (non-hydrogen) atoms. The molecule has 2 amide bonds. The van der Waals surface area contributed by atoms with E-state index in [9.17, 15) is 9.59 Å². The SMILES string of the molecule is CCOc1cccc2c1C(=O)N(N1CCC1)C2=O. The molecule has 94 valence electrons. The molecule has 2 heterocycles. The molecule has 0 aliphatic carbocycles. The Morgan fingerprint density at radius 3 is 2.61 bits per heavy atom. The van der Waals surface area contributed by atoms with Gasteiger partial charge in [-0.1, -0.05) is 6.07 Å². The molecule has 5 heteroatoms. The lowest BCUT2D eigenvalue weighted by molar-refractivity contribution is -0.0284. The van der Waals surface area contributed by atoms with E-state index >= 15 is 0 Å². The largest absolute Gasteiger partial charge is 0.493 e. The maximum atomic E-state index is 12.3. The number of nitrogens with zero attached hydrogens (tertiary/aromatic N) is 2. The van der Waals surface area contributed by atoms with E-state index in [1.165, 1.54) is 5.01 Å². The van der Waals surface area contributed by atoms with Gasteiger partial charge < -0.3 is 4.74 Å². The Morgan fingerprint density at radius 2 is 2.00 bits per heavy atom. The lowest BCUT2D eigenvalue weighted by Gasteiger charge is -2.36. The van der Waals surface area contributed by atoms with Gasteiger partial charge in [-0.05, 0) is 25.5 Å². The summed E-state index contributed by atoms with van der Waals surface area (Å²) in [5, 5.41) is 3.02. The third kappa shape index (κ3) is 1.44. The Morgan fingerprint density at radius 1 is 1.22 bits per heavy atom. The van der Waals surface area contributed by atoms with Gasteiger partial charge in [0.15, 0.2) is 0 Å². The summed E-state index contributed by atoms with van der Waals surface area (Å²) in [5.41, 5.74) is 0.842. The van der Waals surface area contributed by atoms with Crippen molar-refractivity contribution in [3.63, 3.8) is 0 Å². The third-order valence-corrected chi connectivity index (χ3v) is 3.27. The number of imide groups is 1. The van der Waals surface area contributed by atoms with Gasteiger partial charge in [0.25, 0.3) is 11.8 Å². The van der Waals surface area contributed by atoms with E-state index in [1.54, 1.807) is 23.2 Å². The van der Waals surface area contributed by atoms with Gasteiger partial charge in [-0.2, -0.15) is 0 Å². The molecule has 0 N–H and O–H groups in total. The summed E-state index contributed by atoms with van der Waals surface area (Å²) < 4.78 is 5.43. The smallest absolute Gasteiger partial charge is 0.280 e. The summed E-state index contributed by atoms with van der Waals surface area (Å²) >= 11 is 0. The average Bonchev–Trinajstić information content (AvgIpc) is 2.54. The topological polar surface area (TPSA) is 49.9 Å². The fourth-order valence-corrected chi connectivity index (χ4v) is 2.27. The number of carbonyl (C=O) groups is 2. The summed E-state index contributed by atoms with van der Waals surface area (Å²) in [4.78, 5) is 24.5. The lowest BCUT2D eigenvalue weighted by Crippen LogP contribution is -2.53. The highest BCUT2D eigenvalue weighted by Gasteiger charge is 2.42. The van der Waals surface area contributed by atoms with Crippen LogP contribution in [0.5, 0.6) is 5.75 Å². The van der Waals surface area contributed by atoms with Gasteiger partial charge in [-0.15, -0.1) is 0 Å². The number of hydrazine groups is 1. The van der Waals surface area contributed by atoms with Gasteiger partial charge in [0.1, 0.15) is 5.75 Å². The van der Waals surface area contributed by atoms with Crippen LogP contribution < -0.4 is 4.74 Å². The minimum atomic E-state index is -0.265. The first-order chi connectivity index (χ1) is 8.74. The number of hydrogen-bond acceptors (Lipinski definition) is 4. The van der Waals surface area contributed by atoms with Crippen molar-refractivity contribution in [2.75, 3.05) is 19.7 Å². The van der Waals surface area contributed by atoms with Crippen LogP contribution >= 0.6 is 0 Å². The minimum absolute atomic E-state index is 0.240. The van der Waals surface area contributed by atoms with Crippen molar-refractivity contribution >= 4 is 11.8 Å². The molecule has 1 saturated heterocycles. The highest BCUT2D eigenvalue weighted by Crippen LogP contribution is 2.32. The van der Waals surface area contributed by atoms with Crippen LogP contribution in [0.2, 0.25) is 0 Å². The summed E-state index contributed by atoms with van der Waals surface area (Å²) in [6, 6.07) is 5.15. The summed E-state index contributed by atoms with van der Waals surface area (Å²) in [6.07, 6.45) is 1.02. The van der Waals surface area contributed by atoms with Gasteiger partial charge in [0.05, 0.1) is 17.7 Å². The summed E-state index contributed by atoms with van der Waals surface area (Å²) in [7, 11) is 0. The van der Waals surface area contributed by atoms with Crippen LogP contribution in [0.25, 0.3) is 0 Å². The van der Waals surface area contributed by atoms with Crippen LogP contribution in [0.1, 0.15) is 34.1 Å². The molecule has 0 radical (unpaired) electrons. The zero-order valence-electron chi connectivity index (χ0n) is 10.2. The van der Waals surface area contributed by atoms with E-state index in [1.807, 2.05) is 6.92 Å². The molecule has 0 bridgehead atoms. The van der Waals surface area contributed by atoms with Crippen LogP contribution in [-0.2, 0) is 0 Å². The Balaban J connectivity index is 2.03. The Hall–Kier alpha value is -1.88. The maximum absolute atomic E-state index is 12.3. The van der Waals surface area contributed by atoms with Crippen LogP contribution in [0.3, 0.4) is 0 Å². The first-order valence-corrected chi connectivity index (χ1v) is 6.13. The predicted octanol–water partition coefficient (Wildman–Crippen LogP) is 1.30. The number of amides is 2. The number of hydrogen-bond donors (Lipinski definition) is 0. The molecule has 2 aliphatic heterocycles.